The summed E-state index contributed by atoms with van der Waals surface area (Å²) in [6.45, 7) is 1.09. The normalized spacial score (nSPS) is 16.6. The second kappa shape index (κ2) is 8.40. The maximum atomic E-state index is 12.5. The van der Waals surface area contributed by atoms with Crippen LogP contribution in [0, 0.1) is 0 Å². The number of rotatable bonds is 7. The van der Waals surface area contributed by atoms with Crippen LogP contribution in [0.15, 0.2) is 18.2 Å². The molecule has 0 atom stereocenters. The minimum absolute atomic E-state index is 0.216. The number of sulfonamides is 1. The average molecular weight is 453 g/mol. The van der Waals surface area contributed by atoms with Crippen LogP contribution in [0.5, 0.6) is 11.5 Å². The largest absolute Gasteiger partial charge is 0.493 e. The number of anilines is 1. The number of carbonyl (C=O) groups excluding carboxylic acids is 1. The van der Waals surface area contributed by atoms with Crippen LogP contribution in [-0.2, 0) is 29.5 Å². The molecule has 1 saturated carbocycles. The van der Waals surface area contributed by atoms with E-state index in [1.54, 1.807) is 30.7 Å². The van der Waals surface area contributed by atoms with Crippen LogP contribution in [0.1, 0.15) is 29.0 Å². The number of carbonyl (C=O) groups is 1. The van der Waals surface area contributed by atoms with E-state index in [2.05, 4.69) is 15.6 Å². The fourth-order valence-electron chi connectivity index (χ4n) is 3.33. The highest BCUT2D eigenvalue weighted by atomic mass is 32.2. The molecule has 0 radical (unpaired) electrons. The molecule has 11 heteroatoms. The van der Waals surface area contributed by atoms with E-state index in [4.69, 9.17) is 9.47 Å². The number of hydrogen-bond acceptors (Lipinski definition) is 7. The summed E-state index contributed by atoms with van der Waals surface area (Å²) in [6.07, 6.45) is 2.07. The molecule has 2 amide bonds. The summed E-state index contributed by atoms with van der Waals surface area (Å²) in [7, 11) is -0.0767. The molecule has 0 unspecified atom stereocenters. The molecule has 1 aliphatic carbocycles. The van der Waals surface area contributed by atoms with Gasteiger partial charge >= 0.3 is 6.03 Å². The van der Waals surface area contributed by atoms with Crippen LogP contribution in [0.4, 0.5) is 9.93 Å². The minimum Gasteiger partial charge on any atom is -0.493 e. The molecule has 0 saturated heterocycles. The van der Waals surface area contributed by atoms with Gasteiger partial charge in [0.05, 0.1) is 25.2 Å². The number of fused-ring (bicyclic) bond motifs is 1. The number of benzene rings is 1. The summed E-state index contributed by atoms with van der Waals surface area (Å²) in [4.78, 5) is 17.6. The maximum absolute atomic E-state index is 12.5. The smallest absolute Gasteiger partial charge is 0.321 e. The highest BCUT2D eigenvalue weighted by Gasteiger charge is 2.41. The first-order valence-corrected chi connectivity index (χ1v) is 12.0. The average Bonchev–Trinajstić information content (AvgIpc) is 3.53. The summed E-state index contributed by atoms with van der Waals surface area (Å²) in [5.74, 6) is 1.22. The van der Waals surface area contributed by atoms with Crippen molar-refractivity contribution in [3.63, 3.8) is 0 Å². The van der Waals surface area contributed by atoms with Crippen molar-refractivity contribution in [3.8, 4) is 11.5 Å². The SMILES string of the molecule is COc1ccc(CNC(=O)Nc2nc3c(s2)CN(S(=O)(=O)C2CC2)CC3)cc1OC. The lowest BCUT2D eigenvalue weighted by atomic mass is 10.2. The van der Waals surface area contributed by atoms with Crippen LogP contribution in [0.2, 0.25) is 0 Å². The molecule has 2 heterocycles. The number of ether oxygens (including phenoxy) is 2. The molecule has 4 rings (SSSR count). The number of methoxy groups -OCH3 is 2. The predicted octanol–water partition coefficient (Wildman–Crippen LogP) is 2.33. The first-order valence-electron chi connectivity index (χ1n) is 9.64. The van der Waals surface area contributed by atoms with Gasteiger partial charge in [-0.2, -0.15) is 4.31 Å². The Labute approximate surface area is 179 Å². The van der Waals surface area contributed by atoms with Gasteiger partial charge < -0.3 is 14.8 Å². The van der Waals surface area contributed by atoms with Crippen molar-refractivity contribution in [2.24, 2.45) is 0 Å². The molecular weight excluding hydrogens is 428 g/mol. The molecule has 2 aromatic rings. The van der Waals surface area contributed by atoms with Gasteiger partial charge in [0.1, 0.15) is 0 Å². The quantitative estimate of drug-likeness (QED) is 0.667. The Hall–Kier alpha value is -2.37. The number of thiazole rings is 1. The lowest BCUT2D eigenvalue weighted by molar-refractivity contribution is 0.251. The van der Waals surface area contributed by atoms with E-state index in [1.165, 1.54) is 11.3 Å². The molecule has 1 aromatic carbocycles. The van der Waals surface area contributed by atoms with E-state index >= 15 is 0 Å². The van der Waals surface area contributed by atoms with Gasteiger partial charge in [0.15, 0.2) is 16.6 Å². The number of amides is 2. The Balaban J connectivity index is 1.34. The van der Waals surface area contributed by atoms with Gasteiger partial charge in [0.2, 0.25) is 10.0 Å². The molecule has 0 spiro atoms. The Bertz CT molecular complexity index is 1050. The highest BCUT2D eigenvalue weighted by Crippen LogP contribution is 2.35. The zero-order valence-corrected chi connectivity index (χ0v) is 18.4. The van der Waals surface area contributed by atoms with Crippen LogP contribution < -0.4 is 20.1 Å². The Morgan fingerprint density at radius 2 is 2.03 bits per heavy atom. The van der Waals surface area contributed by atoms with Gasteiger partial charge in [-0.05, 0) is 30.5 Å². The highest BCUT2D eigenvalue weighted by molar-refractivity contribution is 7.90. The van der Waals surface area contributed by atoms with E-state index in [0.717, 1.165) is 29.0 Å². The molecule has 2 N–H and O–H groups in total. The third-order valence-electron chi connectivity index (χ3n) is 5.12. The topological polar surface area (TPSA) is 110 Å². The summed E-state index contributed by atoms with van der Waals surface area (Å²) in [5.41, 5.74) is 1.72. The van der Waals surface area contributed by atoms with E-state index in [0.29, 0.717) is 42.7 Å². The first kappa shape index (κ1) is 20.9. The van der Waals surface area contributed by atoms with E-state index in [1.807, 2.05) is 6.07 Å². The number of hydrogen-bond donors (Lipinski definition) is 2. The number of nitrogens with one attached hydrogen (secondary N) is 2. The summed E-state index contributed by atoms with van der Waals surface area (Å²) >= 11 is 1.32. The van der Waals surface area contributed by atoms with E-state index < -0.39 is 10.0 Å². The Kier molecular flexibility index (Phi) is 5.85. The summed E-state index contributed by atoms with van der Waals surface area (Å²) < 4.78 is 36.9. The third kappa shape index (κ3) is 4.37. The molecule has 0 bridgehead atoms. The van der Waals surface area contributed by atoms with Gasteiger partial charge in [-0.1, -0.05) is 17.4 Å². The van der Waals surface area contributed by atoms with Crippen molar-refractivity contribution in [2.75, 3.05) is 26.1 Å². The maximum Gasteiger partial charge on any atom is 0.321 e. The second-order valence-corrected chi connectivity index (χ2v) is 10.5. The summed E-state index contributed by atoms with van der Waals surface area (Å²) in [5, 5.41) is 5.78. The standard InChI is InChI=1S/C19H24N4O5S2/c1-27-15-6-3-12(9-16(15)28-2)10-20-18(24)22-19-21-14-7-8-23(11-17(14)29-19)30(25,26)13-4-5-13/h3,6,9,13H,4-5,7-8,10-11H2,1-2H3,(H2,20,21,22,24). The second-order valence-electron chi connectivity index (χ2n) is 7.21. The van der Waals surface area contributed by atoms with Gasteiger partial charge in [0, 0.05) is 30.9 Å². The van der Waals surface area contributed by atoms with Crippen molar-refractivity contribution >= 4 is 32.5 Å². The van der Waals surface area contributed by atoms with Crippen molar-refractivity contribution < 1.29 is 22.7 Å². The molecule has 1 aliphatic heterocycles. The lowest BCUT2D eigenvalue weighted by Gasteiger charge is -2.25. The minimum atomic E-state index is -3.20. The zero-order chi connectivity index (χ0) is 21.3. The predicted molar refractivity (Wildman–Crippen MR) is 114 cm³/mol. The van der Waals surface area contributed by atoms with Crippen LogP contribution in [0.3, 0.4) is 0 Å². The number of aromatic nitrogens is 1. The van der Waals surface area contributed by atoms with Crippen molar-refractivity contribution in [3.05, 3.63) is 34.3 Å². The van der Waals surface area contributed by atoms with Crippen LogP contribution in [0.25, 0.3) is 0 Å². The van der Waals surface area contributed by atoms with Crippen molar-refractivity contribution in [1.82, 2.24) is 14.6 Å². The van der Waals surface area contributed by atoms with Crippen molar-refractivity contribution in [1.29, 1.82) is 0 Å². The monoisotopic (exact) mass is 452 g/mol. The van der Waals surface area contributed by atoms with Gasteiger partial charge in [-0.15, -0.1) is 0 Å². The van der Waals surface area contributed by atoms with Gasteiger partial charge in [0.25, 0.3) is 0 Å². The number of urea groups is 1. The van der Waals surface area contributed by atoms with Gasteiger partial charge in [-0.3, -0.25) is 5.32 Å². The number of nitrogens with zero attached hydrogens (tertiary/aromatic N) is 2. The molecule has 2 aliphatic rings. The molecular formula is C19H24N4O5S2. The Morgan fingerprint density at radius 3 is 2.73 bits per heavy atom. The molecule has 162 valence electrons. The van der Waals surface area contributed by atoms with E-state index in [-0.39, 0.29) is 11.3 Å². The fraction of sp³-hybridized carbons (Fsp3) is 0.474. The Morgan fingerprint density at radius 1 is 1.27 bits per heavy atom. The zero-order valence-electron chi connectivity index (χ0n) is 16.8. The lowest BCUT2D eigenvalue weighted by Crippen LogP contribution is -2.37. The van der Waals surface area contributed by atoms with Crippen LogP contribution >= 0.6 is 11.3 Å². The van der Waals surface area contributed by atoms with Crippen molar-refractivity contribution in [2.45, 2.75) is 37.6 Å². The fourth-order valence-corrected chi connectivity index (χ4v) is 6.24. The van der Waals surface area contributed by atoms with Gasteiger partial charge in [-0.25, -0.2) is 18.2 Å². The molecule has 9 nitrogen and oxygen atoms in total. The summed E-state index contributed by atoms with van der Waals surface area (Å²) in [6, 6.07) is 5.05. The van der Waals surface area contributed by atoms with E-state index in [9.17, 15) is 13.2 Å². The van der Waals surface area contributed by atoms with Crippen LogP contribution in [-0.4, -0.2) is 49.8 Å². The first-order chi connectivity index (χ1) is 14.4. The molecule has 30 heavy (non-hydrogen) atoms. The third-order valence-corrected chi connectivity index (χ3v) is 8.47. The molecule has 1 aromatic heterocycles. The molecule has 1 fully saturated rings.